The molecule has 1 aromatic carbocycles. The molecule has 3 N–H and O–H groups in total. The summed E-state index contributed by atoms with van der Waals surface area (Å²) in [4.78, 5) is 4.48. The molecule has 2 atom stereocenters. The number of nitrogens with two attached hydrogens (primary N) is 1. The molecule has 3 heteroatoms. The van der Waals surface area contributed by atoms with E-state index in [1.54, 1.807) is 6.92 Å². The Morgan fingerprint density at radius 2 is 2.06 bits per heavy atom. The predicted octanol–water partition coefficient (Wildman–Crippen LogP) is 2.36. The molecule has 18 heavy (non-hydrogen) atoms. The van der Waals surface area contributed by atoms with Crippen molar-refractivity contribution in [1.29, 1.82) is 0 Å². The van der Waals surface area contributed by atoms with E-state index in [2.05, 4.69) is 23.2 Å². The number of aliphatic hydroxyl groups excluding tert-OH is 1. The highest BCUT2D eigenvalue weighted by Gasteiger charge is 2.13. The lowest BCUT2D eigenvalue weighted by Crippen LogP contribution is -2.17. The second-order valence-corrected chi connectivity index (χ2v) is 4.92. The van der Waals surface area contributed by atoms with Crippen molar-refractivity contribution in [2.45, 2.75) is 32.3 Å². The van der Waals surface area contributed by atoms with E-state index in [0.29, 0.717) is 13.0 Å². The summed E-state index contributed by atoms with van der Waals surface area (Å²) in [5, 5.41) is 10.6. The van der Waals surface area contributed by atoms with Gasteiger partial charge in [0.25, 0.3) is 0 Å². The first-order chi connectivity index (χ1) is 8.60. The minimum atomic E-state index is -0.328. The van der Waals surface area contributed by atoms with E-state index in [4.69, 9.17) is 5.73 Å². The van der Waals surface area contributed by atoms with Gasteiger partial charge in [-0.3, -0.25) is 4.98 Å². The lowest BCUT2D eigenvalue weighted by molar-refractivity contribution is 0.175. The largest absolute Gasteiger partial charge is 0.393 e. The first-order valence-corrected chi connectivity index (χ1v) is 6.35. The van der Waals surface area contributed by atoms with Gasteiger partial charge in [-0.15, -0.1) is 0 Å². The Hall–Kier alpha value is -1.45. The number of rotatable bonds is 4. The maximum Gasteiger partial charge on any atom is 0.0705 e. The molecule has 0 saturated carbocycles. The summed E-state index contributed by atoms with van der Waals surface area (Å²) >= 11 is 0. The third-order valence-electron chi connectivity index (χ3n) is 3.23. The number of fused-ring (bicyclic) bond motifs is 1. The van der Waals surface area contributed by atoms with Gasteiger partial charge < -0.3 is 10.8 Å². The van der Waals surface area contributed by atoms with Gasteiger partial charge >= 0.3 is 0 Å². The van der Waals surface area contributed by atoms with Crippen molar-refractivity contribution in [2.24, 2.45) is 5.73 Å². The van der Waals surface area contributed by atoms with E-state index in [1.807, 2.05) is 19.1 Å². The van der Waals surface area contributed by atoms with E-state index in [-0.39, 0.29) is 12.0 Å². The number of aryl methyl sites for hydroxylation is 1. The summed E-state index contributed by atoms with van der Waals surface area (Å²) in [6.45, 7) is 4.34. The topological polar surface area (TPSA) is 59.1 Å². The highest BCUT2D eigenvalue weighted by Crippen LogP contribution is 2.24. The fraction of sp³-hybridized carbons (Fsp3) is 0.400. The van der Waals surface area contributed by atoms with Crippen molar-refractivity contribution in [1.82, 2.24) is 4.98 Å². The van der Waals surface area contributed by atoms with E-state index in [9.17, 15) is 5.11 Å². The van der Waals surface area contributed by atoms with Gasteiger partial charge in [-0.2, -0.15) is 0 Å². The molecular formula is C15H20N2O. The van der Waals surface area contributed by atoms with E-state index >= 15 is 0 Å². The molecule has 0 aliphatic heterocycles. The van der Waals surface area contributed by atoms with E-state index < -0.39 is 0 Å². The standard InChI is InChI=1S/C15H20N2O/c1-10-3-4-13-8-12(5-6-15(13)17-10)14(9-16)7-11(2)18/h3-6,8,11,14,18H,7,9,16H2,1-2H3. The summed E-state index contributed by atoms with van der Waals surface area (Å²) in [6.07, 6.45) is 0.367. The van der Waals surface area contributed by atoms with Gasteiger partial charge in [0, 0.05) is 11.1 Å². The van der Waals surface area contributed by atoms with Gasteiger partial charge in [0.15, 0.2) is 0 Å². The Labute approximate surface area is 108 Å². The third kappa shape index (κ3) is 2.86. The molecule has 2 unspecified atom stereocenters. The monoisotopic (exact) mass is 244 g/mol. The summed E-state index contributed by atoms with van der Waals surface area (Å²) in [7, 11) is 0. The predicted molar refractivity (Wildman–Crippen MR) is 74.6 cm³/mol. The smallest absolute Gasteiger partial charge is 0.0705 e. The molecule has 0 aliphatic carbocycles. The van der Waals surface area contributed by atoms with Crippen LogP contribution >= 0.6 is 0 Å². The number of hydrogen-bond donors (Lipinski definition) is 2. The van der Waals surface area contributed by atoms with Gasteiger partial charge in [-0.1, -0.05) is 12.1 Å². The fourth-order valence-corrected chi connectivity index (χ4v) is 2.28. The first kappa shape index (κ1) is 13.0. The van der Waals surface area contributed by atoms with Crippen LogP contribution in [-0.4, -0.2) is 22.7 Å². The van der Waals surface area contributed by atoms with Crippen molar-refractivity contribution in [3.63, 3.8) is 0 Å². The number of benzene rings is 1. The molecule has 96 valence electrons. The molecule has 0 bridgehead atoms. The van der Waals surface area contributed by atoms with Crippen molar-refractivity contribution in [3.05, 3.63) is 41.6 Å². The first-order valence-electron chi connectivity index (χ1n) is 6.35. The third-order valence-corrected chi connectivity index (χ3v) is 3.23. The van der Waals surface area contributed by atoms with Gasteiger partial charge in [0.05, 0.1) is 11.6 Å². The lowest BCUT2D eigenvalue weighted by atomic mass is 9.92. The van der Waals surface area contributed by atoms with Crippen LogP contribution in [-0.2, 0) is 0 Å². The average Bonchev–Trinajstić information content (AvgIpc) is 2.35. The normalized spacial score (nSPS) is 14.7. The van der Waals surface area contributed by atoms with Crippen LogP contribution < -0.4 is 5.73 Å². The minimum absolute atomic E-state index is 0.204. The Balaban J connectivity index is 2.36. The van der Waals surface area contributed by atoms with E-state index in [1.165, 1.54) is 5.56 Å². The van der Waals surface area contributed by atoms with Crippen LogP contribution in [0.15, 0.2) is 30.3 Å². The molecule has 2 aromatic rings. The van der Waals surface area contributed by atoms with Crippen LogP contribution in [0.25, 0.3) is 10.9 Å². The second-order valence-electron chi connectivity index (χ2n) is 4.92. The Morgan fingerprint density at radius 1 is 1.28 bits per heavy atom. The SMILES string of the molecule is Cc1ccc2cc(C(CN)CC(C)O)ccc2n1. The van der Waals surface area contributed by atoms with Crippen molar-refractivity contribution < 1.29 is 5.11 Å². The maximum absolute atomic E-state index is 9.50. The van der Waals surface area contributed by atoms with Crippen molar-refractivity contribution >= 4 is 10.9 Å². The zero-order valence-corrected chi connectivity index (χ0v) is 10.9. The van der Waals surface area contributed by atoms with Crippen LogP contribution in [0.1, 0.15) is 30.5 Å². The Morgan fingerprint density at radius 3 is 2.72 bits per heavy atom. The zero-order chi connectivity index (χ0) is 13.1. The minimum Gasteiger partial charge on any atom is -0.393 e. The fourth-order valence-electron chi connectivity index (χ4n) is 2.28. The number of aromatic nitrogens is 1. The van der Waals surface area contributed by atoms with Crippen LogP contribution in [0.4, 0.5) is 0 Å². The number of pyridine rings is 1. The molecule has 2 rings (SSSR count). The molecule has 0 saturated heterocycles. The van der Waals surface area contributed by atoms with Gasteiger partial charge in [-0.05, 0) is 56.5 Å². The molecular weight excluding hydrogens is 224 g/mol. The number of hydrogen-bond acceptors (Lipinski definition) is 3. The van der Waals surface area contributed by atoms with E-state index in [0.717, 1.165) is 16.6 Å². The van der Waals surface area contributed by atoms with Gasteiger partial charge in [0.2, 0.25) is 0 Å². The summed E-state index contributed by atoms with van der Waals surface area (Å²) in [5.74, 6) is 0.204. The Bertz CT molecular complexity index is 537. The molecule has 0 fully saturated rings. The molecule has 0 spiro atoms. The summed E-state index contributed by atoms with van der Waals surface area (Å²) < 4.78 is 0. The van der Waals surface area contributed by atoms with Crippen LogP contribution in [0, 0.1) is 6.92 Å². The average molecular weight is 244 g/mol. The number of nitrogens with zero attached hydrogens (tertiary/aromatic N) is 1. The zero-order valence-electron chi connectivity index (χ0n) is 10.9. The summed E-state index contributed by atoms with van der Waals surface area (Å²) in [5.41, 5.74) is 9.00. The van der Waals surface area contributed by atoms with Crippen LogP contribution in [0.3, 0.4) is 0 Å². The van der Waals surface area contributed by atoms with Crippen molar-refractivity contribution in [3.8, 4) is 0 Å². The number of aliphatic hydroxyl groups is 1. The summed E-state index contributed by atoms with van der Waals surface area (Å²) in [6, 6.07) is 10.3. The van der Waals surface area contributed by atoms with Crippen LogP contribution in [0.5, 0.6) is 0 Å². The lowest BCUT2D eigenvalue weighted by Gasteiger charge is -2.17. The highest BCUT2D eigenvalue weighted by molar-refractivity contribution is 5.79. The quantitative estimate of drug-likeness (QED) is 0.868. The molecule has 1 aromatic heterocycles. The maximum atomic E-state index is 9.50. The molecule has 0 aliphatic rings. The van der Waals surface area contributed by atoms with Gasteiger partial charge in [0.1, 0.15) is 0 Å². The second kappa shape index (κ2) is 5.46. The van der Waals surface area contributed by atoms with Crippen molar-refractivity contribution in [2.75, 3.05) is 6.54 Å². The molecule has 0 amide bonds. The molecule has 0 radical (unpaired) electrons. The van der Waals surface area contributed by atoms with Gasteiger partial charge in [-0.25, -0.2) is 0 Å². The Kier molecular flexibility index (Phi) is 3.94. The molecule has 3 nitrogen and oxygen atoms in total. The molecule has 1 heterocycles. The van der Waals surface area contributed by atoms with Crippen LogP contribution in [0.2, 0.25) is 0 Å². The highest BCUT2D eigenvalue weighted by atomic mass is 16.3.